The minimum Gasteiger partial charge on any atom is -0.726 e. The zero-order valence-electron chi connectivity index (χ0n) is 6.33. The molecule has 0 bridgehead atoms. The standard InChI is InChI=1S/C4H10O4S.Li/c1-3-4(2)8-9(5,6)7;/h4H,3H2,1-2H3,(H,5,6,7);/q;+1/p-1. The molecule has 1 unspecified atom stereocenters. The Labute approximate surface area is 73.1 Å². The summed E-state index contributed by atoms with van der Waals surface area (Å²) >= 11 is 0. The van der Waals surface area contributed by atoms with E-state index in [1.54, 1.807) is 6.92 Å². The minimum atomic E-state index is -4.49. The average molecular weight is 160 g/mol. The van der Waals surface area contributed by atoms with E-state index in [9.17, 15) is 13.0 Å². The quantitative estimate of drug-likeness (QED) is 0.255. The molecule has 0 aromatic carbocycles. The summed E-state index contributed by atoms with van der Waals surface area (Å²) in [5, 5.41) is 0. The predicted molar refractivity (Wildman–Crippen MR) is 30.5 cm³/mol. The summed E-state index contributed by atoms with van der Waals surface area (Å²) in [6.07, 6.45) is 0.00840. The molecule has 0 aliphatic heterocycles. The van der Waals surface area contributed by atoms with Gasteiger partial charge in [0.2, 0.25) is 10.4 Å². The summed E-state index contributed by atoms with van der Waals surface area (Å²) in [7, 11) is -4.49. The molecule has 0 amide bonds. The van der Waals surface area contributed by atoms with Crippen LogP contribution in [0.2, 0.25) is 0 Å². The Morgan fingerprint density at radius 1 is 1.60 bits per heavy atom. The average Bonchev–Trinajstić information content (AvgIpc) is 1.62. The van der Waals surface area contributed by atoms with E-state index in [2.05, 4.69) is 4.18 Å². The molecular weight excluding hydrogens is 151 g/mol. The summed E-state index contributed by atoms with van der Waals surface area (Å²) in [5.74, 6) is 0. The second-order valence-corrected chi connectivity index (χ2v) is 2.73. The first-order chi connectivity index (χ1) is 3.95. The molecule has 0 rings (SSSR count). The Hall–Kier alpha value is 0.467. The van der Waals surface area contributed by atoms with E-state index in [0.29, 0.717) is 6.42 Å². The van der Waals surface area contributed by atoms with Crippen molar-refractivity contribution in [2.24, 2.45) is 0 Å². The van der Waals surface area contributed by atoms with E-state index < -0.39 is 16.5 Å². The van der Waals surface area contributed by atoms with Crippen LogP contribution in [0.1, 0.15) is 20.3 Å². The number of hydrogen-bond acceptors (Lipinski definition) is 4. The summed E-state index contributed by atoms with van der Waals surface area (Å²) in [4.78, 5) is 0. The van der Waals surface area contributed by atoms with Crippen LogP contribution in [-0.4, -0.2) is 19.1 Å². The van der Waals surface area contributed by atoms with Gasteiger partial charge in [0.25, 0.3) is 0 Å². The first-order valence-electron chi connectivity index (χ1n) is 2.60. The smallest absolute Gasteiger partial charge is 0.726 e. The van der Waals surface area contributed by atoms with Gasteiger partial charge in [0.15, 0.2) is 0 Å². The molecule has 0 aromatic heterocycles. The van der Waals surface area contributed by atoms with Crippen LogP contribution in [0.3, 0.4) is 0 Å². The van der Waals surface area contributed by atoms with Crippen molar-refractivity contribution >= 4 is 10.4 Å². The van der Waals surface area contributed by atoms with E-state index >= 15 is 0 Å². The van der Waals surface area contributed by atoms with Crippen LogP contribution in [0.5, 0.6) is 0 Å². The molecule has 0 spiro atoms. The van der Waals surface area contributed by atoms with Crippen LogP contribution >= 0.6 is 0 Å². The van der Waals surface area contributed by atoms with Crippen molar-refractivity contribution in [1.82, 2.24) is 0 Å². The number of rotatable bonds is 3. The van der Waals surface area contributed by atoms with Crippen LogP contribution in [0, 0.1) is 0 Å². The Balaban J connectivity index is 0. The van der Waals surface area contributed by atoms with Gasteiger partial charge in [-0.25, -0.2) is 8.42 Å². The molecule has 56 valence electrons. The second-order valence-electron chi connectivity index (χ2n) is 1.72. The molecule has 0 saturated heterocycles. The molecule has 4 nitrogen and oxygen atoms in total. The van der Waals surface area contributed by atoms with E-state index in [0.717, 1.165) is 0 Å². The van der Waals surface area contributed by atoms with Gasteiger partial charge in [-0.3, -0.25) is 4.18 Å². The molecule has 0 saturated carbocycles. The Morgan fingerprint density at radius 3 is 2.10 bits per heavy atom. The van der Waals surface area contributed by atoms with Gasteiger partial charge in [-0.2, -0.15) is 0 Å². The fourth-order valence-corrected chi connectivity index (χ4v) is 0.808. The molecule has 0 aliphatic carbocycles. The van der Waals surface area contributed by atoms with Crippen molar-refractivity contribution in [1.29, 1.82) is 0 Å². The fourth-order valence-electron chi connectivity index (χ4n) is 0.269. The SMILES string of the molecule is CCC(C)OS(=O)(=O)[O-].[Li+]. The maximum absolute atomic E-state index is 9.82. The summed E-state index contributed by atoms with van der Waals surface area (Å²) in [5.41, 5.74) is 0. The van der Waals surface area contributed by atoms with Crippen LogP contribution in [0.25, 0.3) is 0 Å². The van der Waals surface area contributed by atoms with Crippen molar-refractivity contribution in [2.45, 2.75) is 26.4 Å². The van der Waals surface area contributed by atoms with E-state index in [4.69, 9.17) is 0 Å². The minimum absolute atomic E-state index is 0. The third-order valence-electron chi connectivity index (χ3n) is 0.857. The Bertz CT molecular complexity index is 164. The first-order valence-corrected chi connectivity index (χ1v) is 3.93. The number of hydrogen-bond donors (Lipinski definition) is 0. The van der Waals surface area contributed by atoms with Crippen molar-refractivity contribution in [3.63, 3.8) is 0 Å². The maximum atomic E-state index is 9.82. The van der Waals surface area contributed by atoms with Crippen LogP contribution in [0.15, 0.2) is 0 Å². The monoisotopic (exact) mass is 160 g/mol. The molecule has 0 aliphatic rings. The van der Waals surface area contributed by atoms with Crippen LogP contribution < -0.4 is 18.9 Å². The molecular formula is C4H9LiO4S. The first kappa shape index (κ1) is 13.1. The summed E-state index contributed by atoms with van der Waals surface area (Å²) in [6.45, 7) is 3.26. The fraction of sp³-hybridized carbons (Fsp3) is 1.00. The van der Waals surface area contributed by atoms with E-state index in [1.165, 1.54) is 6.92 Å². The third kappa shape index (κ3) is 8.47. The zero-order chi connectivity index (χ0) is 7.49. The van der Waals surface area contributed by atoms with E-state index in [-0.39, 0.29) is 18.9 Å². The molecule has 1 atom stereocenters. The van der Waals surface area contributed by atoms with Crippen molar-refractivity contribution < 1.29 is 36.0 Å². The van der Waals surface area contributed by atoms with Gasteiger partial charge in [-0.15, -0.1) is 0 Å². The molecule has 0 radical (unpaired) electrons. The van der Waals surface area contributed by atoms with Crippen molar-refractivity contribution in [3.05, 3.63) is 0 Å². The Morgan fingerprint density at radius 2 is 2.00 bits per heavy atom. The third-order valence-corrected chi connectivity index (χ3v) is 1.42. The van der Waals surface area contributed by atoms with Gasteiger partial charge in [-0.1, -0.05) is 6.92 Å². The molecule has 0 aromatic rings. The molecule has 10 heavy (non-hydrogen) atoms. The topological polar surface area (TPSA) is 66.4 Å². The largest absolute Gasteiger partial charge is 1.00 e. The van der Waals surface area contributed by atoms with Gasteiger partial charge in [0.1, 0.15) is 0 Å². The normalized spacial score (nSPS) is 13.9. The molecule has 0 N–H and O–H groups in total. The van der Waals surface area contributed by atoms with E-state index in [1.807, 2.05) is 0 Å². The molecule has 0 fully saturated rings. The van der Waals surface area contributed by atoms with Gasteiger partial charge in [0, 0.05) is 0 Å². The van der Waals surface area contributed by atoms with Gasteiger partial charge in [-0.05, 0) is 13.3 Å². The maximum Gasteiger partial charge on any atom is 1.00 e. The molecule has 0 heterocycles. The molecule has 6 heteroatoms. The van der Waals surface area contributed by atoms with Crippen molar-refractivity contribution in [3.8, 4) is 0 Å². The predicted octanol–water partition coefficient (Wildman–Crippen LogP) is -2.73. The summed E-state index contributed by atoms with van der Waals surface area (Å²) in [6, 6.07) is 0. The van der Waals surface area contributed by atoms with Gasteiger partial charge in [0.05, 0.1) is 6.10 Å². The second kappa shape index (κ2) is 5.16. The van der Waals surface area contributed by atoms with Gasteiger partial charge < -0.3 is 4.55 Å². The summed E-state index contributed by atoms with van der Waals surface area (Å²) < 4.78 is 33.5. The van der Waals surface area contributed by atoms with Crippen LogP contribution in [-0.2, 0) is 14.6 Å². The van der Waals surface area contributed by atoms with Crippen molar-refractivity contribution in [2.75, 3.05) is 0 Å². The van der Waals surface area contributed by atoms with Gasteiger partial charge >= 0.3 is 18.9 Å². The zero-order valence-corrected chi connectivity index (χ0v) is 7.14. The van der Waals surface area contributed by atoms with Crippen LogP contribution in [0.4, 0.5) is 0 Å². The Kier molecular flexibility index (Phi) is 6.75.